The second kappa shape index (κ2) is 11.4. The summed E-state index contributed by atoms with van der Waals surface area (Å²) < 4.78 is 5.35. The first-order valence-electron chi connectivity index (χ1n) is 13.8. The summed E-state index contributed by atoms with van der Waals surface area (Å²) >= 11 is 0. The first-order chi connectivity index (χ1) is 20.4. The number of ether oxygens (including phenoxy) is 1. The van der Waals surface area contributed by atoms with Gasteiger partial charge in [-0.25, -0.2) is 9.59 Å². The predicted octanol–water partition coefficient (Wildman–Crippen LogP) is 3.47. The third-order valence-corrected chi connectivity index (χ3v) is 7.97. The van der Waals surface area contributed by atoms with Crippen LogP contribution >= 0.6 is 0 Å². The van der Waals surface area contributed by atoms with Gasteiger partial charge in [-0.15, -0.1) is 0 Å². The molecule has 1 saturated heterocycles. The number of carbonyl (C=O) groups excluding carboxylic acids is 3. The average molecular weight is 567 g/mol. The van der Waals surface area contributed by atoms with Crippen LogP contribution in [0.5, 0.6) is 0 Å². The Balaban J connectivity index is 1.25. The first-order valence-corrected chi connectivity index (χ1v) is 13.8. The number of carbonyl (C=O) groups is 4. The van der Waals surface area contributed by atoms with Crippen LogP contribution in [-0.2, 0) is 38.6 Å². The molecule has 10 heteroatoms. The van der Waals surface area contributed by atoms with E-state index in [1.807, 2.05) is 60.7 Å². The zero-order chi connectivity index (χ0) is 29.2. The normalized spacial score (nSPS) is 20.0. The van der Waals surface area contributed by atoms with Crippen LogP contribution in [0.4, 0.5) is 4.79 Å². The Bertz CT molecular complexity index is 1640. The van der Waals surface area contributed by atoms with E-state index in [4.69, 9.17) is 4.74 Å². The van der Waals surface area contributed by atoms with Gasteiger partial charge in [-0.05, 0) is 22.8 Å². The lowest BCUT2D eigenvalue weighted by Crippen LogP contribution is -2.56. The number of carboxylic acids is 1. The molecule has 3 amide bonds. The molecule has 4 aromatic rings. The fraction of sp³-hybridized carbons (Fsp3) is 0.250. The summed E-state index contributed by atoms with van der Waals surface area (Å²) in [5.41, 5.74) is 4.17. The number of aliphatic carboxylic acids is 1. The van der Waals surface area contributed by atoms with Crippen LogP contribution in [0.3, 0.4) is 0 Å². The van der Waals surface area contributed by atoms with Crippen LogP contribution in [0.15, 0.2) is 84.9 Å². The summed E-state index contributed by atoms with van der Waals surface area (Å²) in [7, 11) is 0. The predicted molar refractivity (Wildman–Crippen MR) is 153 cm³/mol. The highest BCUT2D eigenvalue weighted by molar-refractivity contribution is 5.97. The number of H-pyrrole nitrogens is 1. The molecular formula is C32H30N4O6. The van der Waals surface area contributed by atoms with Gasteiger partial charge >= 0.3 is 12.1 Å². The minimum atomic E-state index is -1.18. The lowest BCUT2D eigenvalue weighted by molar-refractivity contribution is -0.145. The second-order valence-electron chi connectivity index (χ2n) is 10.6. The number of rotatable bonds is 8. The number of carboxylic acid groups (broad SMARTS) is 1. The molecule has 4 atom stereocenters. The standard InChI is InChI=1S/C32H30N4O6/c37-29(34-25(31(39)40)15-19-9-3-1-4-10-19)27-16-22-21-13-7-8-14-23(21)33-28(22)26-17-24(30(38)36(26)27)35-32(41)42-18-20-11-5-2-6-12-20/h1-14,24-27,33H,15-18H2,(H,34,37)(H,35,41)(H,39,40)/t24-,25+,26+,27-/m0/s1. The zero-order valence-corrected chi connectivity index (χ0v) is 22.7. The van der Waals surface area contributed by atoms with Crippen molar-refractivity contribution in [3.05, 3.63) is 107 Å². The molecule has 0 saturated carbocycles. The molecule has 0 spiro atoms. The van der Waals surface area contributed by atoms with Gasteiger partial charge in [-0.2, -0.15) is 0 Å². The highest BCUT2D eigenvalue weighted by Crippen LogP contribution is 2.43. The summed E-state index contributed by atoms with van der Waals surface area (Å²) in [5, 5.41) is 16.2. The minimum absolute atomic E-state index is 0.0515. The van der Waals surface area contributed by atoms with Gasteiger partial charge in [0.2, 0.25) is 11.8 Å². The largest absolute Gasteiger partial charge is 0.480 e. The number of fused-ring (bicyclic) bond motifs is 5. The Morgan fingerprint density at radius 3 is 2.33 bits per heavy atom. The SMILES string of the molecule is O=C(N[C@H]1C[C@@H]2c3[nH]c4ccccc4c3C[C@@H](C(=O)N[C@H](Cc3ccccc3)C(=O)O)N2C1=O)OCc1ccccc1. The molecule has 0 unspecified atom stereocenters. The van der Waals surface area contributed by atoms with Crippen LogP contribution in [0.2, 0.25) is 0 Å². The smallest absolute Gasteiger partial charge is 0.408 e. The fourth-order valence-corrected chi connectivity index (χ4v) is 5.98. The number of alkyl carbamates (subject to hydrolysis) is 1. The molecule has 1 fully saturated rings. The van der Waals surface area contributed by atoms with Gasteiger partial charge in [0.1, 0.15) is 24.7 Å². The van der Waals surface area contributed by atoms with Crippen molar-refractivity contribution < 1.29 is 29.0 Å². The van der Waals surface area contributed by atoms with E-state index < -0.39 is 48.0 Å². The topological polar surface area (TPSA) is 141 Å². The lowest BCUT2D eigenvalue weighted by atomic mass is 9.91. The molecule has 214 valence electrons. The highest BCUT2D eigenvalue weighted by Gasteiger charge is 2.51. The number of aromatic amines is 1. The van der Waals surface area contributed by atoms with Crippen LogP contribution in [-0.4, -0.2) is 57.0 Å². The maximum atomic E-state index is 13.8. The van der Waals surface area contributed by atoms with E-state index in [1.165, 1.54) is 4.90 Å². The Hall–Kier alpha value is -5.12. The molecule has 10 nitrogen and oxygen atoms in total. The number of para-hydroxylation sites is 1. The van der Waals surface area contributed by atoms with Crippen molar-refractivity contribution in [1.82, 2.24) is 20.5 Å². The molecule has 0 bridgehead atoms. The molecular weight excluding hydrogens is 536 g/mol. The molecule has 6 rings (SSSR count). The molecule has 2 aliphatic heterocycles. The van der Waals surface area contributed by atoms with E-state index in [9.17, 15) is 24.3 Å². The molecule has 42 heavy (non-hydrogen) atoms. The number of nitrogens with one attached hydrogen (secondary N) is 3. The van der Waals surface area contributed by atoms with Gasteiger partial charge in [0.25, 0.3) is 0 Å². The zero-order valence-electron chi connectivity index (χ0n) is 22.7. The van der Waals surface area contributed by atoms with Gasteiger partial charge in [0.15, 0.2) is 0 Å². The van der Waals surface area contributed by atoms with Crippen LogP contribution < -0.4 is 10.6 Å². The van der Waals surface area contributed by atoms with Crippen molar-refractivity contribution in [2.45, 2.75) is 50.0 Å². The molecule has 2 aliphatic rings. The summed E-state index contributed by atoms with van der Waals surface area (Å²) in [6.07, 6.45) is -0.198. The highest BCUT2D eigenvalue weighted by atomic mass is 16.5. The summed E-state index contributed by atoms with van der Waals surface area (Å²) in [4.78, 5) is 57.2. The first kappa shape index (κ1) is 27.1. The fourth-order valence-electron chi connectivity index (χ4n) is 5.98. The summed E-state index contributed by atoms with van der Waals surface area (Å²) in [6.45, 7) is 0.0515. The van der Waals surface area contributed by atoms with E-state index in [2.05, 4.69) is 15.6 Å². The Morgan fingerprint density at radius 1 is 0.952 bits per heavy atom. The van der Waals surface area contributed by atoms with Crippen molar-refractivity contribution >= 4 is 34.8 Å². The second-order valence-corrected chi connectivity index (χ2v) is 10.6. The third-order valence-electron chi connectivity index (χ3n) is 7.97. The Morgan fingerprint density at radius 2 is 1.62 bits per heavy atom. The number of amides is 3. The molecule has 3 heterocycles. The molecule has 0 radical (unpaired) electrons. The van der Waals surface area contributed by atoms with Crippen LogP contribution in [0.25, 0.3) is 10.9 Å². The van der Waals surface area contributed by atoms with Gasteiger partial charge in [0, 0.05) is 35.9 Å². The number of hydrogen-bond donors (Lipinski definition) is 4. The van der Waals surface area contributed by atoms with Gasteiger partial charge in [-0.3, -0.25) is 9.59 Å². The van der Waals surface area contributed by atoms with E-state index in [-0.39, 0.29) is 25.9 Å². The van der Waals surface area contributed by atoms with E-state index in [0.717, 1.165) is 33.3 Å². The minimum Gasteiger partial charge on any atom is -0.480 e. The number of aromatic nitrogens is 1. The van der Waals surface area contributed by atoms with Crippen molar-refractivity contribution in [1.29, 1.82) is 0 Å². The Labute approximate surface area is 241 Å². The quantitative estimate of drug-likeness (QED) is 0.257. The van der Waals surface area contributed by atoms with Gasteiger partial charge in [-0.1, -0.05) is 78.9 Å². The number of nitrogens with zero attached hydrogens (tertiary/aromatic N) is 1. The monoisotopic (exact) mass is 566 g/mol. The number of hydrogen-bond acceptors (Lipinski definition) is 5. The lowest BCUT2D eigenvalue weighted by Gasteiger charge is -2.37. The molecule has 4 N–H and O–H groups in total. The maximum absolute atomic E-state index is 13.8. The molecule has 3 aromatic carbocycles. The van der Waals surface area contributed by atoms with Crippen LogP contribution in [0.1, 0.15) is 34.8 Å². The van der Waals surface area contributed by atoms with Gasteiger partial charge < -0.3 is 30.4 Å². The maximum Gasteiger partial charge on any atom is 0.408 e. The average Bonchev–Trinajstić information content (AvgIpc) is 3.54. The van der Waals surface area contributed by atoms with E-state index in [0.29, 0.717) is 0 Å². The third kappa shape index (κ3) is 5.30. The van der Waals surface area contributed by atoms with E-state index in [1.54, 1.807) is 24.3 Å². The van der Waals surface area contributed by atoms with Crippen molar-refractivity contribution in [3.8, 4) is 0 Å². The van der Waals surface area contributed by atoms with Crippen LogP contribution in [0, 0.1) is 0 Å². The Kier molecular flexibility index (Phi) is 7.35. The van der Waals surface area contributed by atoms with Crippen molar-refractivity contribution in [2.24, 2.45) is 0 Å². The number of benzene rings is 3. The van der Waals surface area contributed by atoms with Crippen molar-refractivity contribution in [2.75, 3.05) is 0 Å². The van der Waals surface area contributed by atoms with Gasteiger partial charge in [0.05, 0.1) is 6.04 Å². The summed E-state index contributed by atoms with van der Waals surface area (Å²) in [6, 6.07) is 22.4. The molecule has 1 aromatic heterocycles. The molecule has 0 aliphatic carbocycles. The van der Waals surface area contributed by atoms with Crippen molar-refractivity contribution in [3.63, 3.8) is 0 Å². The van der Waals surface area contributed by atoms with E-state index >= 15 is 0 Å². The summed E-state index contributed by atoms with van der Waals surface area (Å²) in [5.74, 6) is -2.14.